The van der Waals surface area contributed by atoms with Gasteiger partial charge in [0.1, 0.15) is 5.75 Å². The average Bonchev–Trinajstić information content (AvgIpc) is 3.38. The summed E-state index contributed by atoms with van der Waals surface area (Å²) in [4.78, 5) is 8.01. The monoisotopic (exact) mass is 545 g/mol. The fourth-order valence-electron chi connectivity index (χ4n) is 6.42. The summed E-state index contributed by atoms with van der Waals surface area (Å²) < 4.78 is 34.3. The largest absolute Gasteiger partial charge is 0.493 e. The number of amidine groups is 1. The summed E-state index contributed by atoms with van der Waals surface area (Å²) in [5, 5.41) is 5.54. The Hall–Kier alpha value is -2.81. The van der Waals surface area contributed by atoms with Crippen molar-refractivity contribution < 1.29 is 13.2 Å². The van der Waals surface area contributed by atoms with Gasteiger partial charge in [-0.2, -0.15) is 4.31 Å². The van der Waals surface area contributed by atoms with E-state index in [0.717, 1.165) is 41.4 Å². The molecular formula is C30H31N3O3S2. The van der Waals surface area contributed by atoms with Crippen LogP contribution in [0, 0.1) is 5.92 Å². The summed E-state index contributed by atoms with van der Waals surface area (Å²) in [6, 6.07) is 20.1. The number of fused-ring (bicyclic) bond motifs is 6. The van der Waals surface area contributed by atoms with Gasteiger partial charge in [0.25, 0.3) is 0 Å². The number of aliphatic imine (C=N–C) groups is 1. The molecule has 0 aromatic heterocycles. The quantitative estimate of drug-likeness (QED) is 0.389. The number of hydrogen-bond acceptors (Lipinski definition) is 6. The van der Waals surface area contributed by atoms with Crippen LogP contribution in [0.15, 0.2) is 76.0 Å². The molecule has 0 bridgehead atoms. The highest BCUT2D eigenvalue weighted by Gasteiger charge is 2.51. The number of thioether (sulfide) groups is 1. The summed E-state index contributed by atoms with van der Waals surface area (Å²) in [5.74, 6) is 1.09. The Morgan fingerprint density at radius 1 is 0.974 bits per heavy atom. The zero-order valence-corrected chi connectivity index (χ0v) is 23.3. The molecule has 0 aliphatic carbocycles. The van der Waals surface area contributed by atoms with Crippen molar-refractivity contribution in [1.29, 1.82) is 0 Å². The van der Waals surface area contributed by atoms with Gasteiger partial charge in [-0.25, -0.2) is 8.42 Å². The summed E-state index contributed by atoms with van der Waals surface area (Å²) in [5.41, 5.74) is 2.97. The van der Waals surface area contributed by atoms with Crippen LogP contribution in [0.5, 0.6) is 5.75 Å². The molecule has 0 unspecified atom stereocenters. The molecule has 6 nitrogen and oxygen atoms in total. The third-order valence-electron chi connectivity index (χ3n) is 8.57. The lowest BCUT2D eigenvalue weighted by molar-refractivity contribution is 0.0754. The molecule has 3 aromatic rings. The predicted molar refractivity (Wildman–Crippen MR) is 154 cm³/mol. The van der Waals surface area contributed by atoms with Crippen LogP contribution >= 0.6 is 11.8 Å². The lowest BCUT2D eigenvalue weighted by Gasteiger charge is -2.51. The number of nitrogens with zero attached hydrogens (tertiary/aromatic N) is 3. The molecule has 7 rings (SSSR count). The summed E-state index contributed by atoms with van der Waals surface area (Å²) in [7, 11) is -3.46. The van der Waals surface area contributed by atoms with Crippen LogP contribution in [0.4, 0.5) is 0 Å². The smallest absolute Gasteiger partial charge is 0.243 e. The van der Waals surface area contributed by atoms with E-state index in [-0.39, 0.29) is 17.5 Å². The van der Waals surface area contributed by atoms with Crippen molar-refractivity contribution >= 4 is 43.4 Å². The minimum Gasteiger partial charge on any atom is -0.493 e. The lowest BCUT2D eigenvalue weighted by atomic mass is 9.74. The predicted octanol–water partition coefficient (Wildman–Crippen LogP) is 6.26. The van der Waals surface area contributed by atoms with Gasteiger partial charge < -0.3 is 9.64 Å². The number of hydrogen-bond donors (Lipinski definition) is 0. The molecule has 1 saturated heterocycles. The summed E-state index contributed by atoms with van der Waals surface area (Å²) in [6.45, 7) is 6.36. The SMILES string of the molecule is CC1(C)[C@H]2COc3ccc4ccccc4c3[C@H]2N=C2SC=C(c3ccc(S(=O)(=O)N4CCCCC4)cc3)N21. The topological polar surface area (TPSA) is 62.2 Å². The second kappa shape index (κ2) is 8.86. The molecule has 3 aromatic carbocycles. The van der Waals surface area contributed by atoms with Gasteiger partial charge >= 0.3 is 0 Å². The van der Waals surface area contributed by atoms with Crippen molar-refractivity contribution in [2.75, 3.05) is 19.7 Å². The van der Waals surface area contributed by atoms with Gasteiger partial charge in [0, 0.05) is 35.5 Å². The molecule has 4 heterocycles. The Morgan fingerprint density at radius 3 is 2.53 bits per heavy atom. The fourth-order valence-corrected chi connectivity index (χ4v) is 9.01. The van der Waals surface area contributed by atoms with E-state index in [1.165, 1.54) is 16.3 Å². The highest BCUT2D eigenvalue weighted by atomic mass is 32.2. The molecule has 196 valence electrons. The minimum absolute atomic E-state index is 0.0170. The van der Waals surface area contributed by atoms with Gasteiger partial charge in [-0.1, -0.05) is 60.6 Å². The number of rotatable bonds is 3. The first-order chi connectivity index (χ1) is 18.4. The fraction of sp³-hybridized carbons (Fsp3) is 0.367. The average molecular weight is 546 g/mol. The van der Waals surface area contributed by atoms with Gasteiger partial charge in [-0.15, -0.1) is 0 Å². The Labute approximate surface area is 228 Å². The molecule has 0 amide bonds. The van der Waals surface area contributed by atoms with Gasteiger partial charge in [0.15, 0.2) is 5.17 Å². The molecular weight excluding hydrogens is 514 g/mol. The first-order valence-corrected chi connectivity index (χ1v) is 15.7. The third kappa shape index (κ3) is 3.64. The van der Waals surface area contributed by atoms with Crippen LogP contribution in [-0.2, 0) is 10.0 Å². The van der Waals surface area contributed by atoms with Crippen LogP contribution in [0.25, 0.3) is 16.5 Å². The highest BCUT2D eigenvalue weighted by Crippen LogP contribution is 2.54. The number of piperidine rings is 1. The molecule has 0 saturated carbocycles. The molecule has 1 fully saturated rings. The van der Waals surface area contributed by atoms with Crippen molar-refractivity contribution in [3.05, 3.63) is 77.2 Å². The van der Waals surface area contributed by atoms with Gasteiger partial charge in [-0.05, 0) is 61.2 Å². The van der Waals surface area contributed by atoms with Crippen LogP contribution in [0.1, 0.15) is 50.3 Å². The highest BCUT2D eigenvalue weighted by molar-refractivity contribution is 8.16. The van der Waals surface area contributed by atoms with Gasteiger partial charge in [-0.3, -0.25) is 4.99 Å². The summed E-state index contributed by atoms with van der Waals surface area (Å²) >= 11 is 1.65. The van der Waals surface area contributed by atoms with Crippen LogP contribution < -0.4 is 4.74 Å². The van der Waals surface area contributed by atoms with Crippen molar-refractivity contribution in [3.8, 4) is 5.75 Å². The van der Waals surface area contributed by atoms with E-state index in [2.05, 4.69) is 60.6 Å². The molecule has 8 heteroatoms. The van der Waals surface area contributed by atoms with Crippen LogP contribution in [-0.4, -0.2) is 48.0 Å². The van der Waals surface area contributed by atoms with E-state index in [4.69, 9.17) is 9.73 Å². The van der Waals surface area contributed by atoms with Crippen molar-refractivity contribution in [1.82, 2.24) is 9.21 Å². The minimum atomic E-state index is -3.46. The molecule has 0 radical (unpaired) electrons. The summed E-state index contributed by atoms with van der Waals surface area (Å²) in [6.07, 6.45) is 2.96. The van der Waals surface area contributed by atoms with Gasteiger partial charge in [0.2, 0.25) is 10.0 Å². The van der Waals surface area contributed by atoms with E-state index in [1.807, 2.05) is 12.1 Å². The first-order valence-electron chi connectivity index (χ1n) is 13.4. The van der Waals surface area contributed by atoms with E-state index in [0.29, 0.717) is 24.6 Å². The van der Waals surface area contributed by atoms with Crippen LogP contribution in [0.3, 0.4) is 0 Å². The maximum absolute atomic E-state index is 13.2. The van der Waals surface area contributed by atoms with Crippen molar-refractivity contribution in [2.24, 2.45) is 10.9 Å². The number of ether oxygens (including phenoxy) is 1. The van der Waals surface area contributed by atoms with E-state index in [9.17, 15) is 8.42 Å². The Kier molecular flexibility index (Phi) is 5.65. The number of benzene rings is 3. The second-order valence-corrected chi connectivity index (χ2v) is 13.8. The second-order valence-electron chi connectivity index (χ2n) is 11.1. The molecule has 4 aliphatic heterocycles. The molecule has 0 spiro atoms. The van der Waals surface area contributed by atoms with E-state index < -0.39 is 10.0 Å². The maximum atomic E-state index is 13.2. The van der Waals surface area contributed by atoms with E-state index >= 15 is 0 Å². The Bertz CT molecular complexity index is 1590. The maximum Gasteiger partial charge on any atom is 0.243 e. The first kappa shape index (κ1) is 24.2. The zero-order chi connectivity index (χ0) is 26.1. The van der Waals surface area contributed by atoms with Crippen molar-refractivity contribution in [2.45, 2.75) is 49.6 Å². The molecule has 38 heavy (non-hydrogen) atoms. The van der Waals surface area contributed by atoms with Crippen molar-refractivity contribution in [3.63, 3.8) is 0 Å². The number of sulfonamides is 1. The third-order valence-corrected chi connectivity index (χ3v) is 11.3. The molecule has 2 atom stereocenters. The van der Waals surface area contributed by atoms with Gasteiger partial charge in [0.05, 0.1) is 23.2 Å². The van der Waals surface area contributed by atoms with Crippen LogP contribution in [0.2, 0.25) is 0 Å². The lowest BCUT2D eigenvalue weighted by Crippen LogP contribution is -2.56. The Balaban J connectivity index is 1.24. The normalized spacial score (nSPS) is 24.6. The Morgan fingerprint density at radius 2 is 1.74 bits per heavy atom. The molecule has 4 aliphatic rings. The molecule has 0 N–H and O–H groups in total. The standard InChI is InChI=1S/C30H31N3O3S2/c1-30(2)24-18-36-26-15-12-20-8-4-5-9-23(20)27(26)28(24)31-29-33(30)25(19-37-29)21-10-13-22(14-11-21)38(34,35)32-16-6-3-7-17-32/h4-5,8-15,19,24,28H,3,6-7,16-18H2,1-2H3/t24-,28-/m0/s1. The van der Waals surface area contributed by atoms with E-state index in [1.54, 1.807) is 28.2 Å². The zero-order valence-electron chi connectivity index (χ0n) is 21.6.